The molecule has 0 aromatic heterocycles. The van der Waals surface area contributed by atoms with Crippen LogP contribution in [0.3, 0.4) is 0 Å². The number of nitrogens with zero attached hydrogens (tertiary/aromatic N) is 1. The Morgan fingerprint density at radius 1 is 1.40 bits per heavy atom. The van der Waals surface area contributed by atoms with E-state index >= 15 is 0 Å². The number of carbonyl (C=O) groups is 1. The van der Waals surface area contributed by atoms with E-state index in [1.165, 1.54) is 0 Å². The fourth-order valence-corrected chi connectivity index (χ4v) is 2.42. The zero-order valence-electron chi connectivity index (χ0n) is 13.2. The number of piperidine rings is 1. The van der Waals surface area contributed by atoms with E-state index in [1.54, 1.807) is 18.1 Å². The van der Waals surface area contributed by atoms with Crippen LogP contribution in [0.15, 0.2) is 12.7 Å². The Balaban J connectivity index is 2.80. The van der Waals surface area contributed by atoms with Crippen LogP contribution in [0.25, 0.3) is 0 Å². The minimum Gasteiger partial charge on any atom is -0.444 e. The van der Waals surface area contributed by atoms with E-state index in [0.29, 0.717) is 0 Å². The highest BCUT2D eigenvalue weighted by Gasteiger charge is 2.38. The van der Waals surface area contributed by atoms with Crippen LogP contribution in [-0.2, 0) is 14.2 Å². The largest absolute Gasteiger partial charge is 0.444 e. The zero-order chi connectivity index (χ0) is 15.3. The first kappa shape index (κ1) is 17.0. The maximum Gasteiger partial charge on any atom is 0.411 e. The summed E-state index contributed by atoms with van der Waals surface area (Å²) in [7, 11) is 1.59. The van der Waals surface area contributed by atoms with Crippen molar-refractivity contribution < 1.29 is 19.0 Å². The van der Waals surface area contributed by atoms with Crippen LogP contribution in [0.4, 0.5) is 4.79 Å². The van der Waals surface area contributed by atoms with Gasteiger partial charge >= 0.3 is 6.09 Å². The summed E-state index contributed by atoms with van der Waals surface area (Å²) in [5.41, 5.74) is -0.511. The standard InChI is InChI=1S/C15H27NO4/c1-7-12-8-9-13(19-10-18-6)11(2)16(12)14(17)20-15(3,4)5/h7,11-13H,1,8-10H2,2-6H3/t11-,12+,13-/m0/s1. The molecule has 0 aromatic rings. The van der Waals surface area contributed by atoms with Crippen molar-refractivity contribution in [2.24, 2.45) is 0 Å². The molecule has 0 unspecified atom stereocenters. The molecule has 0 saturated carbocycles. The van der Waals surface area contributed by atoms with Crippen molar-refractivity contribution in [3.63, 3.8) is 0 Å². The Kier molecular flexibility index (Phi) is 6.02. The number of methoxy groups -OCH3 is 1. The van der Waals surface area contributed by atoms with Gasteiger partial charge in [-0.15, -0.1) is 6.58 Å². The summed E-state index contributed by atoms with van der Waals surface area (Å²) in [6.07, 6.45) is 3.13. The van der Waals surface area contributed by atoms with Crippen molar-refractivity contribution in [3.05, 3.63) is 12.7 Å². The molecule has 3 atom stereocenters. The summed E-state index contributed by atoms with van der Waals surface area (Å²) in [6.45, 7) is 11.6. The van der Waals surface area contributed by atoms with Gasteiger partial charge < -0.3 is 14.2 Å². The molecule has 0 bridgehead atoms. The van der Waals surface area contributed by atoms with Gasteiger partial charge in [0.05, 0.1) is 18.2 Å². The van der Waals surface area contributed by atoms with Gasteiger partial charge in [0.25, 0.3) is 0 Å². The second-order valence-electron chi connectivity index (χ2n) is 6.12. The molecule has 1 rings (SSSR count). The molecule has 5 heteroatoms. The third-order valence-corrected chi connectivity index (χ3v) is 3.36. The fourth-order valence-electron chi connectivity index (χ4n) is 2.42. The van der Waals surface area contributed by atoms with Crippen molar-refractivity contribution in [1.29, 1.82) is 0 Å². The van der Waals surface area contributed by atoms with Gasteiger partial charge in [0, 0.05) is 7.11 Å². The zero-order valence-corrected chi connectivity index (χ0v) is 13.2. The highest BCUT2D eigenvalue weighted by atomic mass is 16.7. The third kappa shape index (κ3) is 4.49. The lowest BCUT2D eigenvalue weighted by Crippen LogP contribution is -2.55. The molecular weight excluding hydrogens is 258 g/mol. The molecule has 0 aliphatic carbocycles. The first-order valence-electron chi connectivity index (χ1n) is 7.04. The lowest BCUT2D eigenvalue weighted by molar-refractivity contribution is -0.116. The first-order valence-corrected chi connectivity index (χ1v) is 7.04. The molecule has 20 heavy (non-hydrogen) atoms. The van der Waals surface area contributed by atoms with Crippen LogP contribution in [0.5, 0.6) is 0 Å². The molecule has 0 spiro atoms. The summed E-state index contributed by atoms with van der Waals surface area (Å²) in [5.74, 6) is 0. The molecule has 1 amide bonds. The number of carbonyl (C=O) groups excluding carboxylic acids is 1. The second kappa shape index (κ2) is 7.09. The van der Waals surface area contributed by atoms with Crippen molar-refractivity contribution in [1.82, 2.24) is 4.90 Å². The van der Waals surface area contributed by atoms with Gasteiger partial charge in [0.2, 0.25) is 0 Å². The second-order valence-corrected chi connectivity index (χ2v) is 6.12. The normalized spacial score (nSPS) is 27.2. The monoisotopic (exact) mass is 285 g/mol. The van der Waals surface area contributed by atoms with Crippen molar-refractivity contribution in [2.45, 2.75) is 64.3 Å². The van der Waals surface area contributed by atoms with Gasteiger partial charge in [0.1, 0.15) is 12.4 Å². The molecule has 1 fully saturated rings. The average molecular weight is 285 g/mol. The molecule has 0 aromatic carbocycles. The number of amides is 1. The van der Waals surface area contributed by atoms with E-state index in [1.807, 2.05) is 27.7 Å². The van der Waals surface area contributed by atoms with Gasteiger partial charge in [-0.2, -0.15) is 0 Å². The third-order valence-electron chi connectivity index (χ3n) is 3.36. The fraction of sp³-hybridized carbons (Fsp3) is 0.800. The minimum absolute atomic E-state index is 0.0118. The van der Waals surface area contributed by atoms with Crippen molar-refractivity contribution in [2.75, 3.05) is 13.9 Å². The first-order chi connectivity index (χ1) is 9.30. The SMILES string of the molecule is C=C[C@@H]1CC[C@H](OCOC)[C@H](C)N1C(=O)OC(C)(C)C. The highest BCUT2D eigenvalue weighted by Crippen LogP contribution is 2.28. The molecule has 1 saturated heterocycles. The quantitative estimate of drug-likeness (QED) is 0.588. The number of rotatable bonds is 4. The minimum atomic E-state index is -0.511. The summed E-state index contributed by atoms with van der Waals surface area (Å²) < 4.78 is 16.1. The number of likely N-dealkylation sites (tertiary alicyclic amines) is 1. The van der Waals surface area contributed by atoms with Crippen LogP contribution in [0.2, 0.25) is 0 Å². The molecule has 1 aliphatic heterocycles. The molecule has 1 heterocycles. The van der Waals surface area contributed by atoms with Gasteiger partial charge in [-0.1, -0.05) is 6.08 Å². The molecule has 5 nitrogen and oxygen atoms in total. The molecule has 0 N–H and O–H groups in total. The van der Waals surface area contributed by atoms with Gasteiger partial charge in [0.15, 0.2) is 0 Å². The van der Waals surface area contributed by atoms with Crippen LogP contribution >= 0.6 is 0 Å². The predicted octanol–water partition coefficient (Wildman–Crippen LogP) is 2.95. The van der Waals surface area contributed by atoms with Crippen LogP contribution in [0.1, 0.15) is 40.5 Å². The molecule has 0 radical (unpaired) electrons. The summed E-state index contributed by atoms with van der Waals surface area (Å²) in [6, 6.07) is -0.0843. The molecular formula is C15H27NO4. The Bertz CT molecular complexity index is 337. The molecule has 116 valence electrons. The van der Waals surface area contributed by atoms with Gasteiger partial charge in [-0.05, 0) is 40.5 Å². The number of hydrogen-bond donors (Lipinski definition) is 0. The van der Waals surface area contributed by atoms with E-state index in [9.17, 15) is 4.79 Å². The number of hydrogen-bond acceptors (Lipinski definition) is 4. The topological polar surface area (TPSA) is 48.0 Å². The predicted molar refractivity (Wildman–Crippen MR) is 77.5 cm³/mol. The maximum absolute atomic E-state index is 12.4. The van der Waals surface area contributed by atoms with Crippen LogP contribution < -0.4 is 0 Å². The average Bonchev–Trinajstić information content (AvgIpc) is 2.34. The molecule has 1 aliphatic rings. The number of ether oxygens (including phenoxy) is 3. The lowest BCUT2D eigenvalue weighted by Gasteiger charge is -2.43. The Morgan fingerprint density at radius 3 is 2.55 bits per heavy atom. The van der Waals surface area contributed by atoms with Crippen molar-refractivity contribution in [3.8, 4) is 0 Å². The summed E-state index contributed by atoms with van der Waals surface area (Å²) >= 11 is 0. The van der Waals surface area contributed by atoms with Gasteiger partial charge in [-0.25, -0.2) is 4.79 Å². The van der Waals surface area contributed by atoms with Gasteiger partial charge in [-0.3, -0.25) is 4.90 Å². The van der Waals surface area contributed by atoms with Crippen molar-refractivity contribution >= 4 is 6.09 Å². The van der Waals surface area contributed by atoms with E-state index in [0.717, 1.165) is 12.8 Å². The summed E-state index contributed by atoms with van der Waals surface area (Å²) in [4.78, 5) is 14.1. The Hall–Kier alpha value is -1.07. The lowest BCUT2D eigenvalue weighted by atomic mass is 9.94. The highest BCUT2D eigenvalue weighted by molar-refractivity contribution is 5.69. The maximum atomic E-state index is 12.4. The van der Waals surface area contributed by atoms with E-state index in [2.05, 4.69) is 6.58 Å². The van der Waals surface area contributed by atoms with E-state index < -0.39 is 5.60 Å². The van der Waals surface area contributed by atoms with E-state index in [-0.39, 0.29) is 31.1 Å². The van der Waals surface area contributed by atoms with E-state index in [4.69, 9.17) is 14.2 Å². The van der Waals surface area contributed by atoms with Crippen LogP contribution in [0, 0.1) is 0 Å². The van der Waals surface area contributed by atoms with Crippen LogP contribution in [-0.4, -0.2) is 48.7 Å². The summed E-state index contributed by atoms with van der Waals surface area (Å²) in [5, 5.41) is 0. The smallest absolute Gasteiger partial charge is 0.411 e. The Labute approximate surface area is 121 Å². The Morgan fingerprint density at radius 2 is 2.05 bits per heavy atom.